The summed E-state index contributed by atoms with van der Waals surface area (Å²) in [6, 6.07) is 14.9. The van der Waals surface area contributed by atoms with Gasteiger partial charge in [-0.2, -0.15) is 0 Å². The van der Waals surface area contributed by atoms with E-state index < -0.39 is 63.9 Å². The third kappa shape index (κ3) is 3.60. The molecule has 2 fully saturated rings. The fourth-order valence-electron chi connectivity index (χ4n) is 7.05. The number of rotatable bonds is 3. The summed E-state index contributed by atoms with van der Waals surface area (Å²) in [6.45, 7) is 1.54. The number of imide groups is 1. The van der Waals surface area contributed by atoms with Gasteiger partial charge in [0.05, 0.1) is 40.3 Å². The Morgan fingerprint density at radius 1 is 0.907 bits per heavy atom. The number of aromatic nitrogens is 3. The molecule has 1 aromatic heterocycles. The molecule has 43 heavy (non-hydrogen) atoms. The Kier molecular flexibility index (Phi) is 5.90. The average molecular weight is 605 g/mol. The number of nitrogens with zero attached hydrogens (tertiary/aromatic N) is 4. The van der Waals surface area contributed by atoms with Gasteiger partial charge in [-0.15, -0.1) is 0 Å². The standard InChI is InChI=1S/C31H23ClF2N4O5/c1-31-20(27(40)36(28(31)41)17-10-11-22(33)21(32)14-17)15-24-18(25(31)19-8-5-9-23(34)26(19)39)12-13-35-29(42)37(30(43)38(24)35)16-6-3-2-4-7-16/h2-12,14,20,24-25,39H,13,15H2,1H3/t20-,24+,25+,31+/m0/s1. The lowest BCUT2D eigenvalue weighted by atomic mass is 9.56. The van der Waals surface area contributed by atoms with Gasteiger partial charge in [-0.1, -0.05) is 48.0 Å². The summed E-state index contributed by atoms with van der Waals surface area (Å²) < 4.78 is 32.4. The molecule has 0 bridgehead atoms. The molecule has 2 aliphatic heterocycles. The molecule has 0 unspecified atom stereocenters. The molecular formula is C31H23ClF2N4O5. The zero-order chi connectivity index (χ0) is 30.4. The first-order valence-electron chi connectivity index (χ1n) is 13.6. The second-order valence-corrected chi connectivity index (χ2v) is 11.5. The van der Waals surface area contributed by atoms with E-state index in [0.717, 1.165) is 21.6 Å². The second kappa shape index (κ2) is 9.37. The van der Waals surface area contributed by atoms with Crippen molar-refractivity contribution in [2.24, 2.45) is 11.3 Å². The van der Waals surface area contributed by atoms with Crippen molar-refractivity contribution in [2.45, 2.75) is 31.8 Å². The minimum Gasteiger partial charge on any atom is -0.505 e. The molecule has 1 saturated heterocycles. The fraction of sp³-hybridized carbons (Fsp3) is 0.226. The molecule has 4 atom stereocenters. The number of carbonyl (C=O) groups is 2. The number of aromatic hydroxyl groups is 1. The van der Waals surface area contributed by atoms with Crippen LogP contribution in [0.3, 0.4) is 0 Å². The van der Waals surface area contributed by atoms with Gasteiger partial charge < -0.3 is 5.11 Å². The fourth-order valence-corrected chi connectivity index (χ4v) is 7.23. The van der Waals surface area contributed by atoms with Gasteiger partial charge in [0.25, 0.3) is 0 Å². The van der Waals surface area contributed by atoms with Crippen LogP contribution in [-0.2, 0) is 16.1 Å². The van der Waals surface area contributed by atoms with Gasteiger partial charge in [0.15, 0.2) is 11.6 Å². The molecule has 3 aromatic carbocycles. The molecule has 3 heterocycles. The zero-order valence-electron chi connectivity index (χ0n) is 22.6. The summed E-state index contributed by atoms with van der Waals surface area (Å²) in [4.78, 5) is 56.7. The Morgan fingerprint density at radius 3 is 2.37 bits per heavy atom. The van der Waals surface area contributed by atoms with Crippen LogP contribution in [0.5, 0.6) is 5.75 Å². The lowest BCUT2D eigenvalue weighted by molar-refractivity contribution is -0.129. The number of phenolic OH excluding ortho intramolecular Hbond substituents is 1. The van der Waals surface area contributed by atoms with Gasteiger partial charge in [0.2, 0.25) is 11.8 Å². The van der Waals surface area contributed by atoms with Crippen LogP contribution in [0.2, 0.25) is 5.02 Å². The van der Waals surface area contributed by atoms with Crippen molar-refractivity contribution in [3.63, 3.8) is 0 Å². The van der Waals surface area contributed by atoms with Crippen LogP contribution >= 0.6 is 11.6 Å². The number of para-hydroxylation sites is 2. The highest BCUT2D eigenvalue weighted by Gasteiger charge is 2.66. The van der Waals surface area contributed by atoms with E-state index in [2.05, 4.69) is 0 Å². The van der Waals surface area contributed by atoms with Crippen molar-refractivity contribution in [3.05, 3.63) is 122 Å². The Hall–Kier alpha value is -4.77. The van der Waals surface area contributed by atoms with Crippen molar-refractivity contribution >= 4 is 29.1 Å². The second-order valence-electron chi connectivity index (χ2n) is 11.1. The van der Waals surface area contributed by atoms with Gasteiger partial charge >= 0.3 is 11.4 Å². The third-order valence-corrected chi connectivity index (χ3v) is 9.33. The summed E-state index contributed by atoms with van der Waals surface area (Å²) in [6.07, 6.45) is 1.66. The Labute approximate surface area is 247 Å². The number of allylic oxidation sites excluding steroid dienone is 2. The number of hydrogen-bond acceptors (Lipinski definition) is 5. The van der Waals surface area contributed by atoms with E-state index >= 15 is 0 Å². The van der Waals surface area contributed by atoms with E-state index in [0.29, 0.717) is 11.3 Å². The Morgan fingerprint density at radius 2 is 1.65 bits per heavy atom. The topological polar surface area (TPSA) is 107 Å². The van der Waals surface area contributed by atoms with Gasteiger partial charge in [0.1, 0.15) is 5.82 Å². The molecule has 0 spiro atoms. The van der Waals surface area contributed by atoms with E-state index in [9.17, 15) is 33.1 Å². The van der Waals surface area contributed by atoms with Crippen LogP contribution in [0, 0.1) is 23.0 Å². The first kappa shape index (κ1) is 27.1. The summed E-state index contributed by atoms with van der Waals surface area (Å²) in [5.41, 5.74) is -1.79. The largest absolute Gasteiger partial charge is 0.505 e. The number of anilines is 1. The summed E-state index contributed by atoms with van der Waals surface area (Å²) >= 11 is 6.00. The predicted octanol–water partition coefficient (Wildman–Crippen LogP) is 4.30. The van der Waals surface area contributed by atoms with Crippen LogP contribution < -0.4 is 16.3 Å². The predicted molar refractivity (Wildman–Crippen MR) is 152 cm³/mol. The molecule has 12 heteroatoms. The van der Waals surface area contributed by atoms with E-state index in [1.807, 2.05) is 0 Å². The lowest BCUT2D eigenvalue weighted by Crippen LogP contribution is -2.49. The molecule has 2 amide bonds. The van der Waals surface area contributed by atoms with Crippen molar-refractivity contribution in [1.82, 2.24) is 13.9 Å². The summed E-state index contributed by atoms with van der Waals surface area (Å²) in [5, 5.41) is 10.6. The molecule has 7 rings (SSSR count). The Bertz CT molecular complexity index is 2020. The summed E-state index contributed by atoms with van der Waals surface area (Å²) in [5.74, 6) is -5.71. The number of halogens is 3. The highest BCUT2D eigenvalue weighted by Crippen LogP contribution is 2.62. The number of phenols is 1. The molecule has 3 aliphatic rings. The monoisotopic (exact) mass is 604 g/mol. The molecule has 218 valence electrons. The zero-order valence-corrected chi connectivity index (χ0v) is 23.3. The van der Waals surface area contributed by atoms with Gasteiger partial charge in [-0.05, 0) is 55.3 Å². The molecular weight excluding hydrogens is 582 g/mol. The number of amides is 2. The van der Waals surface area contributed by atoms with Gasteiger partial charge in [-0.25, -0.2) is 37.2 Å². The van der Waals surface area contributed by atoms with Crippen LogP contribution in [0.25, 0.3) is 5.69 Å². The highest BCUT2D eigenvalue weighted by molar-refractivity contribution is 6.31. The van der Waals surface area contributed by atoms with Crippen molar-refractivity contribution in [3.8, 4) is 11.4 Å². The van der Waals surface area contributed by atoms with Crippen molar-refractivity contribution in [2.75, 3.05) is 4.90 Å². The number of carbonyl (C=O) groups excluding carboxylic acids is 2. The first-order valence-corrected chi connectivity index (χ1v) is 13.9. The molecule has 1 aliphatic carbocycles. The van der Waals surface area contributed by atoms with Gasteiger partial charge in [0, 0.05) is 11.5 Å². The number of benzene rings is 3. The third-order valence-electron chi connectivity index (χ3n) is 9.04. The summed E-state index contributed by atoms with van der Waals surface area (Å²) in [7, 11) is 0. The lowest BCUT2D eigenvalue weighted by Gasteiger charge is -2.47. The number of fused-ring (bicyclic) bond motifs is 4. The normalized spacial score (nSPS) is 24.4. The molecule has 9 nitrogen and oxygen atoms in total. The van der Waals surface area contributed by atoms with Crippen LogP contribution in [0.15, 0.2) is 88.0 Å². The maximum atomic E-state index is 14.8. The quantitative estimate of drug-likeness (QED) is 0.277. The molecule has 1 N–H and O–H groups in total. The molecule has 1 saturated carbocycles. The average Bonchev–Trinajstić information content (AvgIpc) is 3.36. The minimum atomic E-state index is -1.54. The van der Waals surface area contributed by atoms with E-state index in [-0.39, 0.29) is 29.2 Å². The first-order chi connectivity index (χ1) is 20.6. The minimum absolute atomic E-state index is 0.0352. The van der Waals surface area contributed by atoms with Crippen LogP contribution in [0.1, 0.15) is 30.9 Å². The van der Waals surface area contributed by atoms with Gasteiger partial charge in [-0.3, -0.25) is 9.59 Å². The maximum Gasteiger partial charge on any atom is 0.352 e. The molecule has 0 radical (unpaired) electrons. The SMILES string of the molecule is C[C@@]12C(=O)N(c3ccc(F)c(Cl)c3)C(=O)[C@@H]1C[C@@H]1C(=CCn3c(=O)n(-c4ccccc4)c(=O)n31)[C@@H]2c1cccc(F)c1O. The highest BCUT2D eigenvalue weighted by atomic mass is 35.5. The van der Waals surface area contributed by atoms with E-state index in [4.69, 9.17) is 11.6 Å². The van der Waals surface area contributed by atoms with Crippen molar-refractivity contribution in [1.29, 1.82) is 0 Å². The maximum absolute atomic E-state index is 14.8. The van der Waals surface area contributed by atoms with E-state index in [1.54, 1.807) is 43.3 Å². The van der Waals surface area contributed by atoms with Crippen molar-refractivity contribution < 1.29 is 23.5 Å². The Balaban J connectivity index is 1.45. The smallest absolute Gasteiger partial charge is 0.352 e. The van der Waals surface area contributed by atoms with Crippen LogP contribution in [0.4, 0.5) is 14.5 Å². The van der Waals surface area contributed by atoms with E-state index in [1.165, 1.54) is 33.6 Å². The molecule has 4 aromatic rings. The number of hydrogen-bond donors (Lipinski definition) is 1. The van der Waals surface area contributed by atoms with Crippen LogP contribution in [-0.4, -0.2) is 30.9 Å².